The molecule has 1 heterocycles. The summed E-state index contributed by atoms with van der Waals surface area (Å²) in [4.78, 5) is 27.0. The lowest BCUT2D eigenvalue weighted by Crippen LogP contribution is -2.50. The molecule has 0 bridgehead atoms. The second-order valence-corrected chi connectivity index (χ2v) is 8.55. The molecule has 1 aromatic rings. The highest BCUT2D eigenvalue weighted by Crippen LogP contribution is 2.25. The molecule has 0 unspecified atom stereocenters. The molecule has 0 spiro atoms. The van der Waals surface area contributed by atoms with Crippen molar-refractivity contribution >= 4 is 23.4 Å². The van der Waals surface area contributed by atoms with Crippen molar-refractivity contribution in [3.05, 3.63) is 28.8 Å². The third kappa shape index (κ3) is 5.40. The average molecular weight is 407 g/mol. The molecule has 0 aromatic heterocycles. The van der Waals surface area contributed by atoms with E-state index in [4.69, 9.17) is 16.3 Å². The first-order valence-corrected chi connectivity index (χ1v) is 10.8. The molecule has 1 saturated carbocycles. The van der Waals surface area contributed by atoms with Gasteiger partial charge in [0.05, 0.1) is 0 Å². The van der Waals surface area contributed by atoms with Gasteiger partial charge in [0, 0.05) is 30.1 Å². The molecule has 1 aromatic carbocycles. The van der Waals surface area contributed by atoms with Crippen molar-refractivity contribution in [1.82, 2.24) is 10.2 Å². The molecule has 1 aliphatic heterocycles. The van der Waals surface area contributed by atoms with Gasteiger partial charge >= 0.3 is 0 Å². The molecule has 0 radical (unpaired) electrons. The molecule has 28 heavy (non-hydrogen) atoms. The van der Waals surface area contributed by atoms with Crippen LogP contribution in [0, 0.1) is 12.8 Å². The molecule has 2 aliphatic rings. The normalized spacial score (nSPS) is 19.9. The second-order valence-electron chi connectivity index (χ2n) is 8.11. The first-order chi connectivity index (χ1) is 13.4. The number of nitrogens with zero attached hydrogens (tertiary/aromatic N) is 1. The fourth-order valence-electron chi connectivity index (χ4n) is 4.17. The maximum Gasteiger partial charge on any atom is 0.263 e. The van der Waals surface area contributed by atoms with Crippen LogP contribution in [0.1, 0.15) is 57.4 Å². The van der Waals surface area contributed by atoms with Crippen LogP contribution in [0.5, 0.6) is 5.75 Å². The maximum atomic E-state index is 12.7. The summed E-state index contributed by atoms with van der Waals surface area (Å²) in [5, 5.41) is 3.86. The lowest BCUT2D eigenvalue weighted by atomic mass is 9.88. The Morgan fingerprint density at radius 1 is 1.14 bits per heavy atom. The third-order valence-electron chi connectivity index (χ3n) is 5.92. The van der Waals surface area contributed by atoms with Crippen LogP contribution in [0.25, 0.3) is 0 Å². The van der Waals surface area contributed by atoms with Crippen molar-refractivity contribution in [3.63, 3.8) is 0 Å². The van der Waals surface area contributed by atoms with E-state index >= 15 is 0 Å². The van der Waals surface area contributed by atoms with Crippen molar-refractivity contribution in [3.8, 4) is 5.75 Å². The molecule has 6 heteroatoms. The van der Waals surface area contributed by atoms with E-state index in [1.807, 2.05) is 17.9 Å². The highest BCUT2D eigenvalue weighted by molar-refractivity contribution is 6.30. The number of carbonyl (C=O) groups excluding carboxylic acids is 2. The molecule has 1 atom stereocenters. The number of benzene rings is 1. The summed E-state index contributed by atoms with van der Waals surface area (Å²) in [5.74, 6) is 1.06. The van der Waals surface area contributed by atoms with Gasteiger partial charge in [-0.1, -0.05) is 30.9 Å². The zero-order valence-corrected chi connectivity index (χ0v) is 17.6. The number of likely N-dealkylation sites (tertiary alicyclic amines) is 1. The largest absolute Gasteiger partial charge is 0.481 e. The van der Waals surface area contributed by atoms with Crippen molar-refractivity contribution in [2.45, 2.75) is 70.9 Å². The van der Waals surface area contributed by atoms with E-state index in [9.17, 15) is 9.59 Å². The van der Waals surface area contributed by atoms with Crippen LogP contribution in [0.2, 0.25) is 5.02 Å². The van der Waals surface area contributed by atoms with E-state index in [1.165, 1.54) is 6.42 Å². The number of aryl methyl sites for hydroxylation is 1. The van der Waals surface area contributed by atoms with Crippen LogP contribution in [0.3, 0.4) is 0 Å². The van der Waals surface area contributed by atoms with Crippen molar-refractivity contribution in [1.29, 1.82) is 0 Å². The standard InChI is InChI=1S/C22H31ClN2O3/c1-15-14-18(23)8-9-20(15)28-16(2)22(27)25-12-10-19(11-13-25)24-21(26)17-6-4-3-5-7-17/h8-9,14,16-17,19H,3-7,10-13H2,1-2H3,(H,24,26)/t16-/m1/s1. The van der Waals surface area contributed by atoms with E-state index in [-0.39, 0.29) is 23.8 Å². The SMILES string of the molecule is Cc1cc(Cl)ccc1O[C@H](C)C(=O)N1CCC(NC(=O)C2CCCCC2)CC1. The number of amides is 2. The van der Waals surface area contributed by atoms with Crippen LogP contribution >= 0.6 is 11.6 Å². The summed E-state index contributed by atoms with van der Waals surface area (Å²) in [7, 11) is 0. The number of halogens is 1. The lowest BCUT2D eigenvalue weighted by molar-refractivity contribution is -0.139. The Kier molecular flexibility index (Phi) is 7.22. The average Bonchev–Trinajstić information content (AvgIpc) is 2.70. The van der Waals surface area contributed by atoms with Gasteiger partial charge in [-0.15, -0.1) is 0 Å². The minimum absolute atomic E-state index is 0.00796. The zero-order chi connectivity index (χ0) is 20.1. The molecule has 2 amide bonds. The number of hydrogen-bond acceptors (Lipinski definition) is 3. The summed E-state index contributed by atoms with van der Waals surface area (Å²) >= 11 is 5.98. The Labute approximate surface area is 172 Å². The molecule has 1 N–H and O–H groups in total. The smallest absolute Gasteiger partial charge is 0.263 e. The third-order valence-corrected chi connectivity index (χ3v) is 6.15. The summed E-state index contributed by atoms with van der Waals surface area (Å²) in [6.45, 7) is 5.01. The van der Waals surface area contributed by atoms with E-state index in [0.717, 1.165) is 44.1 Å². The van der Waals surface area contributed by atoms with Crippen molar-refractivity contribution in [2.24, 2.45) is 5.92 Å². The van der Waals surface area contributed by atoms with Crippen LogP contribution in [-0.4, -0.2) is 41.9 Å². The molecule has 1 saturated heterocycles. The predicted octanol–water partition coefficient (Wildman–Crippen LogP) is 4.10. The molecule has 5 nitrogen and oxygen atoms in total. The Bertz CT molecular complexity index is 695. The fraction of sp³-hybridized carbons (Fsp3) is 0.636. The fourth-order valence-corrected chi connectivity index (χ4v) is 4.40. The van der Waals surface area contributed by atoms with Gasteiger partial charge in [-0.2, -0.15) is 0 Å². The monoisotopic (exact) mass is 406 g/mol. The summed E-state index contributed by atoms with van der Waals surface area (Å²) < 4.78 is 5.87. The Morgan fingerprint density at radius 2 is 1.82 bits per heavy atom. The lowest BCUT2D eigenvalue weighted by Gasteiger charge is -2.34. The Morgan fingerprint density at radius 3 is 2.46 bits per heavy atom. The highest BCUT2D eigenvalue weighted by atomic mass is 35.5. The van der Waals surface area contributed by atoms with Gasteiger partial charge in [-0.3, -0.25) is 9.59 Å². The van der Waals surface area contributed by atoms with Crippen LogP contribution in [-0.2, 0) is 9.59 Å². The number of rotatable bonds is 5. The first kappa shape index (κ1) is 21.0. The maximum absolute atomic E-state index is 12.7. The number of carbonyl (C=O) groups is 2. The molecular weight excluding hydrogens is 376 g/mol. The van der Waals surface area contributed by atoms with E-state index in [1.54, 1.807) is 19.1 Å². The van der Waals surface area contributed by atoms with Crippen LogP contribution in [0.4, 0.5) is 0 Å². The molecule has 2 fully saturated rings. The van der Waals surface area contributed by atoms with Gasteiger partial charge in [0.2, 0.25) is 5.91 Å². The number of ether oxygens (including phenoxy) is 1. The quantitative estimate of drug-likeness (QED) is 0.800. The molecule has 3 rings (SSSR count). The predicted molar refractivity (Wildman–Crippen MR) is 111 cm³/mol. The summed E-state index contributed by atoms with van der Waals surface area (Å²) in [6.07, 6.45) is 6.66. The Balaban J connectivity index is 1.45. The van der Waals surface area contributed by atoms with Gasteiger partial charge in [-0.05, 0) is 63.3 Å². The highest BCUT2D eigenvalue weighted by Gasteiger charge is 2.29. The van der Waals surface area contributed by atoms with Gasteiger partial charge in [-0.25, -0.2) is 0 Å². The number of piperidine rings is 1. The van der Waals surface area contributed by atoms with Crippen LogP contribution < -0.4 is 10.1 Å². The second kappa shape index (κ2) is 9.64. The zero-order valence-electron chi connectivity index (χ0n) is 16.9. The minimum Gasteiger partial charge on any atom is -0.481 e. The number of nitrogens with one attached hydrogen (secondary N) is 1. The molecular formula is C22H31ClN2O3. The summed E-state index contributed by atoms with van der Waals surface area (Å²) in [5.41, 5.74) is 0.913. The van der Waals surface area contributed by atoms with E-state index in [0.29, 0.717) is 23.9 Å². The van der Waals surface area contributed by atoms with Crippen LogP contribution in [0.15, 0.2) is 18.2 Å². The van der Waals surface area contributed by atoms with Crippen molar-refractivity contribution < 1.29 is 14.3 Å². The van der Waals surface area contributed by atoms with E-state index < -0.39 is 6.10 Å². The Hall–Kier alpha value is -1.75. The van der Waals surface area contributed by atoms with Gasteiger partial charge in [0.1, 0.15) is 5.75 Å². The van der Waals surface area contributed by atoms with Crippen molar-refractivity contribution in [2.75, 3.05) is 13.1 Å². The van der Waals surface area contributed by atoms with Gasteiger partial charge in [0.25, 0.3) is 5.91 Å². The number of hydrogen-bond donors (Lipinski definition) is 1. The topological polar surface area (TPSA) is 58.6 Å². The minimum atomic E-state index is -0.548. The summed E-state index contributed by atoms with van der Waals surface area (Å²) in [6, 6.07) is 5.57. The van der Waals surface area contributed by atoms with Gasteiger partial charge in [0.15, 0.2) is 6.10 Å². The molecule has 1 aliphatic carbocycles. The first-order valence-electron chi connectivity index (χ1n) is 10.5. The molecule has 154 valence electrons. The van der Waals surface area contributed by atoms with Gasteiger partial charge < -0.3 is 15.0 Å². The van der Waals surface area contributed by atoms with E-state index in [2.05, 4.69) is 5.32 Å².